The molecular formula is C19H26F3N5O3. The molecule has 30 heavy (non-hydrogen) atoms. The molecule has 0 bridgehead atoms. The predicted molar refractivity (Wildman–Crippen MR) is 106 cm³/mol. The highest BCUT2D eigenvalue weighted by Gasteiger charge is 2.37. The second kappa shape index (κ2) is 8.13. The average molecular weight is 429 g/mol. The van der Waals surface area contributed by atoms with Gasteiger partial charge in [-0.05, 0) is 31.6 Å². The van der Waals surface area contributed by atoms with E-state index in [1.807, 2.05) is 0 Å². The number of nitrogens with zero attached hydrogens (tertiary/aromatic N) is 3. The van der Waals surface area contributed by atoms with Crippen LogP contribution in [-0.2, 0) is 17.5 Å². The van der Waals surface area contributed by atoms with Crippen LogP contribution in [0.25, 0.3) is 11.0 Å². The number of amides is 2. The fourth-order valence-electron chi connectivity index (χ4n) is 3.15. The Hall–Kier alpha value is -2.82. The van der Waals surface area contributed by atoms with Crippen LogP contribution < -0.4 is 16.7 Å². The average Bonchev–Trinajstić information content (AvgIpc) is 2.86. The van der Waals surface area contributed by atoms with Crippen molar-refractivity contribution in [1.29, 1.82) is 0 Å². The van der Waals surface area contributed by atoms with Gasteiger partial charge in [-0.2, -0.15) is 13.2 Å². The van der Waals surface area contributed by atoms with E-state index < -0.39 is 46.3 Å². The second-order valence-electron chi connectivity index (χ2n) is 8.39. The van der Waals surface area contributed by atoms with E-state index in [4.69, 9.17) is 5.73 Å². The summed E-state index contributed by atoms with van der Waals surface area (Å²) < 4.78 is 42.4. The largest absolute Gasteiger partial charge is 0.418 e. The number of imidazole rings is 1. The van der Waals surface area contributed by atoms with Gasteiger partial charge < -0.3 is 16.0 Å². The smallest absolute Gasteiger partial charge is 0.368 e. The first-order valence-corrected chi connectivity index (χ1v) is 9.22. The Bertz CT molecular complexity index is 1020. The Labute approximate surface area is 171 Å². The van der Waals surface area contributed by atoms with E-state index >= 15 is 0 Å². The van der Waals surface area contributed by atoms with Crippen molar-refractivity contribution in [2.45, 2.75) is 39.5 Å². The molecule has 0 fully saturated rings. The number of carbonyl (C=O) groups excluding carboxylic acids is 2. The van der Waals surface area contributed by atoms with E-state index in [0.717, 1.165) is 16.7 Å². The molecule has 1 aromatic heterocycles. The highest BCUT2D eigenvalue weighted by molar-refractivity contribution is 5.93. The molecule has 2 rings (SSSR count). The summed E-state index contributed by atoms with van der Waals surface area (Å²) in [6.07, 6.45) is -4.73. The molecule has 166 valence electrons. The third kappa shape index (κ3) is 4.66. The molecule has 1 aromatic carbocycles. The summed E-state index contributed by atoms with van der Waals surface area (Å²) >= 11 is 0. The van der Waals surface area contributed by atoms with Gasteiger partial charge in [-0.1, -0.05) is 26.8 Å². The van der Waals surface area contributed by atoms with Gasteiger partial charge in [-0.25, -0.2) is 14.2 Å². The number of hydrogen-bond acceptors (Lipinski definition) is 4. The molecule has 0 aliphatic carbocycles. The van der Waals surface area contributed by atoms with Gasteiger partial charge in [0, 0.05) is 13.1 Å². The minimum Gasteiger partial charge on any atom is -0.368 e. The number of primary amides is 1. The van der Waals surface area contributed by atoms with Crippen LogP contribution in [0.1, 0.15) is 26.3 Å². The monoisotopic (exact) mass is 429 g/mol. The first-order chi connectivity index (χ1) is 13.7. The maximum absolute atomic E-state index is 13.6. The molecule has 2 aromatic rings. The number of nitrogens with one attached hydrogen (secondary N) is 1. The van der Waals surface area contributed by atoms with Gasteiger partial charge in [0.1, 0.15) is 6.04 Å². The molecule has 0 saturated carbocycles. The van der Waals surface area contributed by atoms with Gasteiger partial charge in [0.25, 0.3) is 0 Å². The molecule has 0 unspecified atom stereocenters. The zero-order valence-electron chi connectivity index (χ0n) is 17.5. The number of para-hydroxylation sites is 1. The van der Waals surface area contributed by atoms with E-state index in [-0.39, 0.29) is 18.6 Å². The number of likely N-dealkylation sites (N-methyl/N-ethyl adjacent to an activating group) is 1. The Morgan fingerprint density at radius 1 is 1.20 bits per heavy atom. The molecular weight excluding hydrogens is 403 g/mol. The van der Waals surface area contributed by atoms with Crippen LogP contribution in [-0.4, -0.2) is 52.7 Å². The van der Waals surface area contributed by atoms with E-state index in [1.165, 1.54) is 6.07 Å². The number of benzene rings is 1. The Morgan fingerprint density at radius 3 is 2.27 bits per heavy atom. The van der Waals surface area contributed by atoms with Crippen molar-refractivity contribution < 1.29 is 22.8 Å². The molecule has 0 spiro atoms. The summed E-state index contributed by atoms with van der Waals surface area (Å²) in [6, 6.07) is 1.08. The van der Waals surface area contributed by atoms with E-state index in [0.29, 0.717) is 4.57 Å². The van der Waals surface area contributed by atoms with E-state index in [2.05, 4.69) is 5.32 Å². The SMILES string of the molecule is CN(C)CCn1c(=O)n(C(=O)N[C@H](C(N)=O)C(C)(C)C)c2cccc(C(F)(F)F)c21. The molecule has 0 radical (unpaired) electrons. The number of carbonyl (C=O) groups is 2. The lowest BCUT2D eigenvalue weighted by Crippen LogP contribution is -2.54. The summed E-state index contributed by atoms with van der Waals surface area (Å²) in [7, 11) is 3.42. The fourth-order valence-corrected chi connectivity index (χ4v) is 3.15. The zero-order chi connectivity index (χ0) is 23.0. The minimum atomic E-state index is -4.73. The van der Waals surface area contributed by atoms with E-state index in [1.54, 1.807) is 39.8 Å². The van der Waals surface area contributed by atoms with Gasteiger partial charge in [0.15, 0.2) is 0 Å². The van der Waals surface area contributed by atoms with Gasteiger partial charge in [-0.15, -0.1) is 0 Å². The number of halogens is 3. The lowest BCUT2D eigenvalue weighted by atomic mass is 9.86. The molecule has 0 aliphatic heterocycles. The van der Waals surface area contributed by atoms with Crippen molar-refractivity contribution in [3.63, 3.8) is 0 Å². The number of hydrogen-bond donors (Lipinski definition) is 2. The summed E-state index contributed by atoms with van der Waals surface area (Å²) in [6.45, 7) is 5.20. The predicted octanol–water partition coefficient (Wildman–Crippen LogP) is 1.84. The third-order valence-electron chi connectivity index (χ3n) is 4.65. The second-order valence-corrected chi connectivity index (χ2v) is 8.39. The summed E-state index contributed by atoms with van der Waals surface area (Å²) in [5, 5.41) is 2.39. The summed E-state index contributed by atoms with van der Waals surface area (Å²) in [4.78, 5) is 39.4. The Morgan fingerprint density at radius 2 is 1.80 bits per heavy atom. The van der Waals surface area contributed by atoms with Crippen LogP contribution in [0.3, 0.4) is 0 Å². The lowest BCUT2D eigenvalue weighted by molar-refractivity contribution is -0.136. The fraction of sp³-hybridized carbons (Fsp3) is 0.526. The Kier molecular flexibility index (Phi) is 6.36. The number of rotatable bonds is 5. The molecule has 11 heteroatoms. The lowest BCUT2D eigenvalue weighted by Gasteiger charge is -2.28. The molecule has 0 saturated heterocycles. The highest BCUT2D eigenvalue weighted by Crippen LogP contribution is 2.34. The van der Waals surface area contributed by atoms with Crippen molar-refractivity contribution in [1.82, 2.24) is 19.4 Å². The standard InChI is InChI=1S/C19H26F3N5O3/c1-18(2,3)14(15(23)28)24-16(29)27-12-8-6-7-11(19(20,21)22)13(12)26(17(27)30)10-9-25(4)5/h6-8,14H,9-10H2,1-5H3,(H2,23,28)(H,24,29)/t14-/m1/s1. The topological polar surface area (TPSA) is 102 Å². The zero-order valence-corrected chi connectivity index (χ0v) is 17.5. The normalized spacial score (nSPS) is 13.6. The van der Waals surface area contributed by atoms with Crippen LogP contribution in [0.4, 0.5) is 18.0 Å². The minimum absolute atomic E-state index is 0.0613. The van der Waals surface area contributed by atoms with Crippen LogP contribution in [0, 0.1) is 5.41 Å². The number of alkyl halides is 3. The molecule has 1 atom stereocenters. The highest BCUT2D eigenvalue weighted by atomic mass is 19.4. The van der Waals surface area contributed by atoms with Crippen molar-refractivity contribution in [3.05, 3.63) is 34.2 Å². The molecule has 8 nitrogen and oxygen atoms in total. The van der Waals surface area contributed by atoms with Crippen LogP contribution >= 0.6 is 0 Å². The van der Waals surface area contributed by atoms with Crippen molar-refractivity contribution in [2.24, 2.45) is 11.1 Å². The number of nitrogens with two attached hydrogens (primary N) is 1. The first kappa shape index (κ1) is 23.5. The molecule has 0 aliphatic rings. The number of aromatic nitrogens is 2. The summed E-state index contributed by atoms with van der Waals surface area (Å²) in [5.74, 6) is -0.823. The van der Waals surface area contributed by atoms with Gasteiger partial charge in [0.05, 0.1) is 16.6 Å². The van der Waals surface area contributed by atoms with Crippen LogP contribution in [0.2, 0.25) is 0 Å². The number of fused-ring (bicyclic) bond motifs is 1. The molecule has 3 N–H and O–H groups in total. The maximum atomic E-state index is 13.6. The molecule has 2 amide bonds. The van der Waals surface area contributed by atoms with Crippen molar-refractivity contribution >= 4 is 23.0 Å². The van der Waals surface area contributed by atoms with Crippen LogP contribution in [0.5, 0.6) is 0 Å². The van der Waals surface area contributed by atoms with Gasteiger partial charge in [-0.3, -0.25) is 9.36 Å². The summed E-state index contributed by atoms with van der Waals surface area (Å²) in [5.41, 5.74) is 2.04. The maximum Gasteiger partial charge on any atom is 0.418 e. The quantitative estimate of drug-likeness (QED) is 0.757. The van der Waals surface area contributed by atoms with Crippen LogP contribution in [0.15, 0.2) is 23.0 Å². The van der Waals surface area contributed by atoms with Crippen molar-refractivity contribution in [2.75, 3.05) is 20.6 Å². The first-order valence-electron chi connectivity index (χ1n) is 9.22. The van der Waals surface area contributed by atoms with Gasteiger partial charge in [0.2, 0.25) is 5.91 Å². The molecule has 1 heterocycles. The van der Waals surface area contributed by atoms with Crippen molar-refractivity contribution in [3.8, 4) is 0 Å². The third-order valence-corrected chi connectivity index (χ3v) is 4.65. The van der Waals surface area contributed by atoms with Gasteiger partial charge >= 0.3 is 17.9 Å². The van der Waals surface area contributed by atoms with E-state index in [9.17, 15) is 27.6 Å². The Balaban J connectivity index is 2.71.